The van der Waals surface area contributed by atoms with Crippen LogP contribution >= 0.6 is 11.8 Å². The van der Waals surface area contributed by atoms with Crippen LogP contribution in [0.15, 0.2) is 29.2 Å². The summed E-state index contributed by atoms with van der Waals surface area (Å²) in [6, 6.07) is 6.56. The maximum atomic E-state index is 13.3. The van der Waals surface area contributed by atoms with E-state index in [9.17, 15) is 14.3 Å². The van der Waals surface area contributed by atoms with Crippen molar-refractivity contribution in [3.63, 3.8) is 0 Å². The van der Waals surface area contributed by atoms with E-state index >= 15 is 0 Å². The molecule has 0 bridgehead atoms. The normalized spacial score (nSPS) is 19.2. The molecule has 1 aromatic carbocycles. The molecule has 1 aliphatic heterocycles. The van der Waals surface area contributed by atoms with Gasteiger partial charge in [-0.15, -0.1) is 11.8 Å². The first-order chi connectivity index (χ1) is 8.66. The minimum absolute atomic E-state index is 0.0374. The van der Waals surface area contributed by atoms with E-state index in [2.05, 4.69) is 0 Å². The Balaban J connectivity index is 1.75. The van der Waals surface area contributed by atoms with Crippen LogP contribution in [0.2, 0.25) is 0 Å². The number of likely N-dealkylation sites (tertiary alicyclic amines) is 1. The van der Waals surface area contributed by atoms with Crippen LogP contribution in [0.3, 0.4) is 0 Å². The molecule has 18 heavy (non-hydrogen) atoms. The minimum atomic E-state index is -0.381. The van der Waals surface area contributed by atoms with Crippen molar-refractivity contribution in [3.05, 3.63) is 30.1 Å². The summed E-state index contributed by atoms with van der Waals surface area (Å²) in [5.74, 6) is 0.355. The van der Waals surface area contributed by atoms with E-state index < -0.39 is 0 Å². The summed E-state index contributed by atoms with van der Waals surface area (Å²) >= 11 is 1.35. The molecule has 0 unspecified atom stereocenters. The predicted octanol–water partition coefficient (Wildman–Crippen LogP) is 1.90. The molecule has 0 aromatic heterocycles. The summed E-state index contributed by atoms with van der Waals surface area (Å²) in [6.45, 7) is 1.06. The third kappa shape index (κ3) is 3.46. The van der Waals surface area contributed by atoms with Crippen LogP contribution in [0.25, 0.3) is 0 Å². The minimum Gasteiger partial charge on any atom is -0.391 e. The predicted molar refractivity (Wildman–Crippen MR) is 68.9 cm³/mol. The average molecular weight is 269 g/mol. The van der Waals surface area contributed by atoms with Gasteiger partial charge in [-0.1, -0.05) is 12.1 Å². The van der Waals surface area contributed by atoms with Crippen LogP contribution in [0.5, 0.6) is 0 Å². The van der Waals surface area contributed by atoms with Gasteiger partial charge in [0, 0.05) is 30.2 Å². The van der Waals surface area contributed by atoms with Crippen molar-refractivity contribution in [2.24, 2.45) is 0 Å². The van der Waals surface area contributed by atoms with Crippen molar-refractivity contribution in [1.82, 2.24) is 4.90 Å². The number of nitrogens with zero attached hydrogens (tertiary/aromatic N) is 1. The van der Waals surface area contributed by atoms with Gasteiger partial charge >= 0.3 is 0 Å². The van der Waals surface area contributed by atoms with Crippen molar-refractivity contribution < 1.29 is 14.3 Å². The van der Waals surface area contributed by atoms with Gasteiger partial charge in [-0.3, -0.25) is 4.79 Å². The average Bonchev–Trinajstić information content (AvgIpc) is 2.78. The van der Waals surface area contributed by atoms with Gasteiger partial charge in [-0.05, 0) is 18.6 Å². The lowest BCUT2D eigenvalue weighted by molar-refractivity contribution is -0.130. The fourth-order valence-corrected chi connectivity index (χ4v) is 2.81. The molecule has 1 fully saturated rings. The van der Waals surface area contributed by atoms with Gasteiger partial charge in [0.1, 0.15) is 5.82 Å². The lowest BCUT2D eigenvalue weighted by Gasteiger charge is -2.15. The second-order valence-corrected chi connectivity index (χ2v) is 5.45. The smallest absolute Gasteiger partial charge is 0.223 e. The number of aliphatic hydroxyl groups is 1. The number of benzene rings is 1. The maximum Gasteiger partial charge on any atom is 0.223 e. The first kappa shape index (κ1) is 13.4. The van der Waals surface area contributed by atoms with E-state index in [1.54, 1.807) is 23.1 Å². The molecule has 1 atom stereocenters. The molecule has 1 heterocycles. The Hall–Kier alpha value is -1.07. The van der Waals surface area contributed by atoms with E-state index in [4.69, 9.17) is 0 Å². The molecule has 1 saturated heterocycles. The highest BCUT2D eigenvalue weighted by atomic mass is 32.2. The summed E-state index contributed by atoms with van der Waals surface area (Å²) in [6.07, 6.45) is 0.658. The van der Waals surface area contributed by atoms with Crippen molar-refractivity contribution in [2.75, 3.05) is 18.8 Å². The molecule has 2 rings (SSSR count). The summed E-state index contributed by atoms with van der Waals surface area (Å²) in [5.41, 5.74) is 0. The number of β-amino-alcohol motifs (C(OH)–C–C–N with tert-alkyl or cyclic N) is 1. The van der Waals surface area contributed by atoms with Crippen LogP contribution in [0.1, 0.15) is 12.8 Å². The van der Waals surface area contributed by atoms with E-state index in [1.165, 1.54) is 17.8 Å². The molecule has 0 spiro atoms. The third-order valence-electron chi connectivity index (χ3n) is 2.93. The highest BCUT2D eigenvalue weighted by molar-refractivity contribution is 7.99. The molecular weight excluding hydrogens is 253 g/mol. The lowest BCUT2D eigenvalue weighted by atomic mass is 10.3. The number of amides is 1. The number of hydrogen-bond acceptors (Lipinski definition) is 3. The topological polar surface area (TPSA) is 40.5 Å². The zero-order valence-corrected chi connectivity index (χ0v) is 10.8. The van der Waals surface area contributed by atoms with E-state index in [0.29, 0.717) is 36.6 Å². The summed E-state index contributed by atoms with van der Waals surface area (Å²) in [7, 11) is 0. The Morgan fingerprint density at radius 3 is 2.94 bits per heavy atom. The van der Waals surface area contributed by atoms with E-state index in [0.717, 1.165) is 0 Å². The SMILES string of the molecule is O=C(CCSc1ccccc1F)N1CC[C@H](O)C1. The van der Waals surface area contributed by atoms with Gasteiger partial charge in [0.05, 0.1) is 6.10 Å². The maximum absolute atomic E-state index is 13.3. The molecule has 0 saturated carbocycles. The monoisotopic (exact) mass is 269 g/mol. The van der Waals surface area contributed by atoms with E-state index in [1.807, 2.05) is 0 Å². The van der Waals surface area contributed by atoms with Gasteiger partial charge in [-0.2, -0.15) is 0 Å². The molecular formula is C13H16FNO2S. The Morgan fingerprint density at radius 2 is 2.28 bits per heavy atom. The van der Waals surface area contributed by atoms with Gasteiger partial charge < -0.3 is 10.0 Å². The van der Waals surface area contributed by atoms with Crippen molar-refractivity contribution >= 4 is 17.7 Å². The molecule has 98 valence electrons. The molecule has 1 N–H and O–H groups in total. The zero-order chi connectivity index (χ0) is 13.0. The van der Waals surface area contributed by atoms with E-state index in [-0.39, 0.29) is 17.8 Å². The molecule has 1 amide bonds. The Morgan fingerprint density at radius 1 is 1.50 bits per heavy atom. The van der Waals surface area contributed by atoms with Gasteiger partial charge in [0.15, 0.2) is 0 Å². The van der Waals surface area contributed by atoms with Crippen molar-refractivity contribution in [2.45, 2.75) is 23.8 Å². The first-order valence-electron chi connectivity index (χ1n) is 6.00. The molecule has 0 radical (unpaired) electrons. The van der Waals surface area contributed by atoms with Crippen LogP contribution in [0, 0.1) is 5.82 Å². The van der Waals surface area contributed by atoms with Crippen LogP contribution < -0.4 is 0 Å². The summed E-state index contributed by atoms with van der Waals surface area (Å²) in [4.78, 5) is 14.0. The van der Waals surface area contributed by atoms with Crippen molar-refractivity contribution in [1.29, 1.82) is 0 Å². The second kappa shape index (κ2) is 6.20. The summed E-state index contributed by atoms with van der Waals surface area (Å²) < 4.78 is 13.3. The first-order valence-corrected chi connectivity index (χ1v) is 6.98. The van der Waals surface area contributed by atoms with Gasteiger partial charge in [0.2, 0.25) is 5.91 Å². The number of halogens is 1. The van der Waals surface area contributed by atoms with Crippen molar-refractivity contribution in [3.8, 4) is 0 Å². The molecule has 3 nitrogen and oxygen atoms in total. The third-order valence-corrected chi connectivity index (χ3v) is 3.98. The standard InChI is InChI=1S/C13H16FNO2S/c14-11-3-1-2-4-12(11)18-8-6-13(17)15-7-5-10(16)9-15/h1-4,10,16H,5-9H2/t10-/m0/s1. The lowest BCUT2D eigenvalue weighted by Crippen LogP contribution is -2.29. The quantitative estimate of drug-likeness (QED) is 0.849. The highest BCUT2D eigenvalue weighted by Crippen LogP contribution is 2.22. The number of thioether (sulfide) groups is 1. The van der Waals surface area contributed by atoms with Crippen LogP contribution in [-0.4, -0.2) is 40.9 Å². The molecule has 1 aliphatic rings. The van der Waals surface area contributed by atoms with Crippen LogP contribution in [0.4, 0.5) is 4.39 Å². The zero-order valence-electron chi connectivity index (χ0n) is 10.0. The highest BCUT2D eigenvalue weighted by Gasteiger charge is 2.23. The molecule has 1 aromatic rings. The Bertz CT molecular complexity index is 427. The Labute approximate surface area is 110 Å². The number of carbonyl (C=O) groups excluding carboxylic acids is 1. The number of hydrogen-bond donors (Lipinski definition) is 1. The van der Waals surface area contributed by atoms with Gasteiger partial charge in [-0.25, -0.2) is 4.39 Å². The number of rotatable bonds is 4. The van der Waals surface area contributed by atoms with Crippen LogP contribution in [-0.2, 0) is 4.79 Å². The second-order valence-electron chi connectivity index (χ2n) is 4.31. The fourth-order valence-electron chi connectivity index (χ4n) is 1.94. The molecule has 5 heteroatoms. The fraction of sp³-hybridized carbons (Fsp3) is 0.462. The summed E-state index contributed by atoms with van der Waals surface area (Å²) in [5, 5.41) is 9.34. The van der Waals surface area contributed by atoms with Gasteiger partial charge in [0.25, 0.3) is 0 Å². The largest absolute Gasteiger partial charge is 0.391 e. The number of carbonyl (C=O) groups is 1. The molecule has 0 aliphatic carbocycles. The Kier molecular flexibility index (Phi) is 4.60. The number of aliphatic hydroxyl groups excluding tert-OH is 1.